The van der Waals surface area contributed by atoms with Crippen molar-refractivity contribution in [1.82, 2.24) is 10.2 Å². The summed E-state index contributed by atoms with van der Waals surface area (Å²) in [5.41, 5.74) is 0. The number of rotatable bonds is 8. The predicted octanol–water partition coefficient (Wildman–Crippen LogP) is 2.11. The zero-order valence-electron chi connectivity index (χ0n) is 9.77. The molecule has 1 N–H and O–H groups in total. The summed E-state index contributed by atoms with van der Waals surface area (Å²) in [6.07, 6.45) is 2.53. The normalized spacial score (nSPS) is 11.5. The molecule has 0 spiro atoms. The fraction of sp³-hybridized carbons (Fsp3) is 1.00. The number of nitrogens with one attached hydrogen (secondary N) is 1. The Labute approximate surface area is 83.7 Å². The lowest BCUT2D eigenvalue weighted by Crippen LogP contribution is -2.35. The molecule has 0 unspecified atom stereocenters. The Bertz CT molecular complexity index is 96.3. The van der Waals surface area contributed by atoms with Crippen LogP contribution >= 0.6 is 0 Å². The third-order valence-corrected chi connectivity index (χ3v) is 2.06. The van der Waals surface area contributed by atoms with Gasteiger partial charge in [0.1, 0.15) is 0 Å². The highest BCUT2D eigenvalue weighted by Crippen LogP contribution is 1.92. The lowest BCUT2D eigenvalue weighted by Gasteiger charge is -2.21. The van der Waals surface area contributed by atoms with E-state index in [9.17, 15) is 0 Å². The van der Waals surface area contributed by atoms with Crippen molar-refractivity contribution in [2.75, 3.05) is 26.2 Å². The maximum Gasteiger partial charge on any atom is 0.0107 e. The molecular weight excluding hydrogens is 160 g/mol. The molecule has 2 heteroatoms. The smallest absolute Gasteiger partial charge is 0.0107 e. The van der Waals surface area contributed by atoms with Crippen LogP contribution in [0.3, 0.4) is 0 Å². The molecule has 0 saturated heterocycles. The first kappa shape index (κ1) is 12.9. The largest absolute Gasteiger partial charge is 0.313 e. The van der Waals surface area contributed by atoms with E-state index in [1.54, 1.807) is 0 Å². The maximum absolute atomic E-state index is 3.45. The topological polar surface area (TPSA) is 15.3 Å². The first-order chi connectivity index (χ1) is 6.20. The highest BCUT2D eigenvalue weighted by molar-refractivity contribution is 4.60. The Kier molecular flexibility index (Phi) is 8.46. The molecule has 0 bridgehead atoms. The Morgan fingerprint density at radius 2 is 1.54 bits per heavy atom. The summed E-state index contributed by atoms with van der Waals surface area (Å²) in [6, 6.07) is 0.616. The summed E-state index contributed by atoms with van der Waals surface area (Å²) < 4.78 is 0. The summed E-state index contributed by atoms with van der Waals surface area (Å²) in [5.74, 6) is 0. The minimum atomic E-state index is 0.616. The zero-order chi connectivity index (χ0) is 10.1. The summed E-state index contributed by atoms with van der Waals surface area (Å²) in [5, 5.41) is 3.45. The van der Waals surface area contributed by atoms with Gasteiger partial charge in [-0.15, -0.1) is 0 Å². The third-order valence-electron chi connectivity index (χ3n) is 2.06. The van der Waals surface area contributed by atoms with Crippen LogP contribution in [0.15, 0.2) is 0 Å². The van der Waals surface area contributed by atoms with E-state index in [-0.39, 0.29) is 0 Å². The van der Waals surface area contributed by atoms with E-state index in [1.807, 2.05) is 0 Å². The number of hydrogen-bond donors (Lipinski definition) is 1. The van der Waals surface area contributed by atoms with Crippen molar-refractivity contribution in [2.24, 2.45) is 0 Å². The van der Waals surface area contributed by atoms with E-state index >= 15 is 0 Å². The number of hydrogen-bond acceptors (Lipinski definition) is 2. The third kappa shape index (κ3) is 8.26. The van der Waals surface area contributed by atoms with E-state index in [0.717, 1.165) is 6.54 Å². The van der Waals surface area contributed by atoms with Crippen LogP contribution in [0.1, 0.15) is 40.5 Å². The lowest BCUT2D eigenvalue weighted by atomic mass is 10.3. The van der Waals surface area contributed by atoms with Crippen molar-refractivity contribution in [3.63, 3.8) is 0 Å². The predicted molar refractivity (Wildman–Crippen MR) is 60.2 cm³/mol. The molecule has 0 rings (SSSR count). The van der Waals surface area contributed by atoms with Gasteiger partial charge in [-0.2, -0.15) is 0 Å². The van der Waals surface area contributed by atoms with Crippen LogP contribution in [0, 0.1) is 0 Å². The van der Waals surface area contributed by atoms with Crippen molar-refractivity contribution in [1.29, 1.82) is 0 Å². The molecule has 13 heavy (non-hydrogen) atoms. The van der Waals surface area contributed by atoms with Crippen LogP contribution in [0.2, 0.25) is 0 Å². The molecule has 0 aliphatic carbocycles. The van der Waals surface area contributed by atoms with E-state index in [0.29, 0.717) is 6.04 Å². The molecule has 0 amide bonds. The van der Waals surface area contributed by atoms with Gasteiger partial charge in [0.2, 0.25) is 0 Å². The first-order valence-electron chi connectivity index (χ1n) is 5.66. The molecule has 80 valence electrons. The number of nitrogens with zero attached hydrogens (tertiary/aromatic N) is 1. The van der Waals surface area contributed by atoms with Crippen molar-refractivity contribution < 1.29 is 0 Å². The van der Waals surface area contributed by atoms with Gasteiger partial charge in [0.05, 0.1) is 0 Å². The van der Waals surface area contributed by atoms with Gasteiger partial charge in [0.25, 0.3) is 0 Å². The second kappa shape index (κ2) is 8.52. The average Bonchev–Trinajstić information content (AvgIpc) is 2.04. The van der Waals surface area contributed by atoms with Crippen LogP contribution in [0.25, 0.3) is 0 Å². The Balaban J connectivity index is 3.44. The van der Waals surface area contributed by atoms with Crippen molar-refractivity contribution >= 4 is 0 Å². The van der Waals surface area contributed by atoms with Crippen molar-refractivity contribution in [3.05, 3.63) is 0 Å². The highest BCUT2D eigenvalue weighted by Gasteiger charge is 2.01. The molecule has 0 aromatic carbocycles. The molecular formula is C11H26N2. The molecule has 0 atom stereocenters. The minimum absolute atomic E-state index is 0.616. The monoisotopic (exact) mass is 186 g/mol. The van der Waals surface area contributed by atoms with Crippen molar-refractivity contribution in [2.45, 2.75) is 46.6 Å². The lowest BCUT2D eigenvalue weighted by molar-refractivity contribution is 0.271. The van der Waals surface area contributed by atoms with E-state index in [2.05, 4.69) is 37.9 Å². The molecule has 0 fully saturated rings. The molecule has 0 heterocycles. The highest BCUT2D eigenvalue weighted by atomic mass is 15.1. The van der Waals surface area contributed by atoms with Crippen molar-refractivity contribution in [3.8, 4) is 0 Å². The van der Waals surface area contributed by atoms with Gasteiger partial charge in [0.15, 0.2) is 0 Å². The SMILES string of the molecule is CCCN(CCC)CCNC(C)C. The summed E-state index contributed by atoms with van der Waals surface area (Å²) in [4.78, 5) is 2.54. The van der Waals surface area contributed by atoms with Crippen LogP contribution < -0.4 is 5.32 Å². The van der Waals surface area contributed by atoms with Gasteiger partial charge >= 0.3 is 0 Å². The second-order valence-electron chi connectivity index (χ2n) is 3.95. The molecule has 0 aliphatic rings. The zero-order valence-corrected chi connectivity index (χ0v) is 9.77. The van der Waals surface area contributed by atoms with Crippen LogP contribution in [-0.2, 0) is 0 Å². The Morgan fingerprint density at radius 3 is 1.92 bits per heavy atom. The fourth-order valence-electron chi connectivity index (χ4n) is 1.48. The quantitative estimate of drug-likeness (QED) is 0.624. The molecule has 0 aromatic rings. The first-order valence-corrected chi connectivity index (χ1v) is 5.66. The molecule has 0 aliphatic heterocycles. The molecule has 2 nitrogen and oxygen atoms in total. The van der Waals surface area contributed by atoms with Gasteiger partial charge in [-0.1, -0.05) is 27.7 Å². The standard InChI is InChI=1S/C11H26N2/c1-5-8-13(9-6-2)10-7-12-11(3)4/h11-12H,5-10H2,1-4H3. The molecule has 0 saturated carbocycles. The van der Waals surface area contributed by atoms with Gasteiger partial charge in [-0.25, -0.2) is 0 Å². The molecule has 0 radical (unpaired) electrons. The van der Waals surface area contributed by atoms with Crippen LogP contribution in [-0.4, -0.2) is 37.1 Å². The summed E-state index contributed by atoms with van der Waals surface area (Å²) in [7, 11) is 0. The Hall–Kier alpha value is -0.0800. The van der Waals surface area contributed by atoms with Crippen LogP contribution in [0.5, 0.6) is 0 Å². The maximum atomic E-state index is 3.45. The summed E-state index contributed by atoms with van der Waals surface area (Å²) >= 11 is 0. The van der Waals surface area contributed by atoms with E-state index in [4.69, 9.17) is 0 Å². The van der Waals surface area contributed by atoms with Crippen LogP contribution in [0.4, 0.5) is 0 Å². The minimum Gasteiger partial charge on any atom is -0.313 e. The van der Waals surface area contributed by atoms with Gasteiger partial charge in [-0.05, 0) is 25.9 Å². The average molecular weight is 186 g/mol. The second-order valence-corrected chi connectivity index (χ2v) is 3.95. The van der Waals surface area contributed by atoms with Gasteiger partial charge < -0.3 is 10.2 Å². The fourth-order valence-corrected chi connectivity index (χ4v) is 1.48. The molecule has 0 aromatic heterocycles. The van der Waals surface area contributed by atoms with Gasteiger partial charge in [0, 0.05) is 19.1 Å². The van der Waals surface area contributed by atoms with E-state index < -0.39 is 0 Å². The summed E-state index contributed by atoms with van der Waals surface area (Å²) in [6.45, 7) is 13.7. The van der Waals surface area contributed by atoms with Gasteiger partial charge in [-0.3, -0.25) is 0 Å². The Morgan fingerprint density at radius 1 is 1.00 bits per heavy atom. The van der Waals surface area contributed by atoms with E-state index in [1.165, 1.54) is 32.5 Å².